The molecule has 0 bridgehead atoms. The highest BCUT2D eigenvalue weighted by Crippen LogP contribution is 2.10. The predicted molar refractivity (Wildman–Crippen MR) is 65.2 cm³/mol. The third-order valence-electron chi connectivity index (χ3n) is 3.60. The van der Waals surface area contributed by atoms with Crippen LogP contribution in [0.25, 0.3) is 0 Å². The molecule has 1 unspecified atom stereocenters. The van der Waals surface area contributed by atoms with Gasteiger partial charge in [-0.25, -0.2) is 0 Å². The SMILES string of the molecule is CC1CN(C#N)CCN1CN1CCCOCC1. The Hall–Kier alpha value is -0.830. The summed E-state index contributed by atoms with van der Waals surface area (Å²) in [6.07, 6.45) is 3.37. The van der Waals surface area contributed by atoms with Crippen molar-refractivity contribution in [3.63, 3.8) is 0 Å². The molecule has 2 fully saturated rings. The molecule has 2 heterocycles. The molecular formula is C12H22N4O. The van der Waals surface area contributed by atoms with E-state index in [1.807, 2.05) is 4.90 Å². The summed E-state index contributed by atoms with van der Waals surface area (Å²) in [5, 5.41) is 8.88. The predicted octanol–water partition coefficient (Wildman–Crippen LogP) is 0.153. The maximum atomic E-state index is 8.88. The van der Waals surface area contributed by atoms with Crippen LogP contribution in [0.1, 0.15) is 13.3 Å². The molecule has 2 saturated heterocycles. The zero-order valence-electron chi connectivity index (χ0n) is 10.6. The van der Waals surface area contributed by atoms with Gasteiger partial charge < -0.3 is 9.64 Å². The minimum Gasteiger partial charge on any atom is -0.380 e. The standard InChI is InChI=1S/C12H22N4O/c1-12-9-15(10-13)4-5-16(12)11-14-3-2-7-17-8-6-14/h12H,2-9,11H2,1H3. The second kappa shape index (κ2) is 6.20. The van der Waals surface area contributed by atoms with Crippen LogP contribution in [0, 0.1) is 11.5 Å². The van der Waals surface area contributed by atoms with E-state index in [4.69, 9.17) is 10.00 Å². The first-order valence-corrected chi connectivity index (χ1v) is 6.48. The number of piperazine rings is 1. The lowest BCUT2D eigenvalue weighted by Crippen LogP contribution is -2.53. The molecule has 0 saturated carbocycles. The van der Waals surface area contributed by atoms with Crippen LogP contribution in [-0.4, -0.2) is 73.3 Å². The Morgan fingerprint density at radius 2 is 2.12 bits per heavy atom. The summed E-state index contributed by atoms with van der Waals surface area (Å²) >= 11 is 0. The van der Waals surface area contributed by atoms with E-state index in [0.29, 0.717) is 6.04 Å². The van der Waals surface area contributed by atoms with E-state index >= 15 is 0 Å². The molecule has 2 rings (SSSR count). The summed E-state index contributed by atoms with van der Waals surface area (Å²) in [6, 6.07) is 0.465. The minimum absolute atomic E-state index is 0.465. The minimum atomic E-state index is 0.465. The smallest absolute Gasteiger partial charge is 0.179 e. The first kappa shape index (κ1) is 12.6. The number of nitriles is 1. The van der Waals surface area contributed by atoms with Crippen LogP contribution in [0.4, 0.5) is 0 Å². The molecule has 5 nitrogen and oxygen atoms in total. The van der Waals surface area contributed by atoms with Gasteiger partial charge in [-0.05, 0) is 13.3 Å². The van der Waals surface area contributed by atoms with E-state index in [0.717, 1.165) is 59.0 Å². The average Bonchev–Trinajstić information content (AvgIpc) is 2.60. The Balaban J connectivity index is 1.80. The van der Waals surface area contributed by atoms with Gasteiger partial charge in [0.2, 0.25) is 0 Å². The van der Waals surface area contributed by atoms with Crippen LogP contribution in [0.15, 0.2) is 0 Å². The van der Waals surface area contributed by atoms with Gasteiger partial charge in [-0.1, -0.05) is 0 Å². The van der Waals surface area contributed by atoms with Crippen LogP contribution in [0.2, 0.25) is 0 Å². The highest BCUT2D eigenvalue weighted by atomic mass is 16.5. The normalized spacial score (nSPS) is 28.7. The molecule has 0 N–H and O–H groups in total. The lowest BCUT2D eigenvalue weighted by molar-refractivity contribution is 0.0508. The number of hydrogen-bond acceptors (Lipinski definition) is 5. The van der Waals surface area contributed by atoms with Crippen LogP contribution < -0.4 is 0 Å². The monoisotopic (exact) mass is 238 g/mol. The Bertz CT molecular complexity index is 270. The van der Waals surface area contributed by atoms with Gasteiger partial charge in [0.05, 0.1) is 13.3 Å². The van der Waals surface area contributed by atoms with Crippen LogP contribution >= 0.6 is 0 Å². The maximum absolute atomic E-state index is 8.88. The van der Waals surface area contributed by atoms with Crippen LogP contribution in [0.3, 0.4) is 0 Å². The Morgan fingerprint density at radius 3 is 2.88 bits per heavy atom. The maximum Gasteiger partial charge on any atom is 0.179 e. The van der Waals surface area contributed by atoms with Crippen LogP contribution in [-0.2, 0) is 4.74 Å². The van der Waals surface area contributed by atoms with E-state index in [2.05, 4.69) is 22.9 Å². The Kier molecular flexibility index (Phi) is 4.60. The number of ether oxygens (including phenoxy) is 1. The van der Waals surface area contributed by atoms with E-state index in [-0.39, 0.29) is 0 Å². The van der Waals surface area contributed by atoms with Gasteiger partial charge in [0.25, 0.3) is 0 Å². The highest BCUT2D eigenvalue weighted by molar-refractivity contribution is 4.85. The third kappa shape index (κ3) is 3.56. The molecule has 0 radical (unpaired) electrons. The number of hydrogen-bond donors (Lipinski definition) is 0. The largest absolute Gasteiger partial charge is 0.380 e. The summed E-state index contributed by atoms with van der Waals surface area (Å²) in [7, 11) is 0. The quantitative estimate of drug-likeness (QED) is 0.641. The molecule has 0 spiro atoms. The molecular weight excluding hydrogens is 216 g/mol. The molecule has 0 amide bonds. The zero-order chi connectivity index (χ0) is 12.1. The van der Waals surface area contributed by atoms with Gasteiger partial charge in [-0.2, -0.15) is 5.26 Å². The van der Waals surface area contributed by atoms with Crippen molar-refractivity contribution >= 4 is 0 Å². The summed E-state index contributed by atoms with van der Waals surface area (Å²) in [5.41, 5.74) is 0. The summed E-state index contributed by atoms with van der Waals surface area (Å²) < 4.78 is 5.46. The first-order chi connectivity index (χ1) is 8.29. The second-order valence-electron chi connectivity index (χ2n) is 4.93. The molecule has 2 aliphatic rings. The lowest BCUT2D eigenvalue weighted by atomic mass is 10.2. The van der Waals surface area contributed by atoms with Gasteiger partial charge in [0.1, 0.15) is 0 Å². The van der Waals surface area contributed by atoms with Crippen molar-refractivity contribution in [3.8, 4) is 6.19 Å². The zero-order valence-corrected chi connectivity index (χ0v) is 10.6. The Labute approximate surface area is 104 Å². The number of rotatable bonds is 2. The molecule has 2 aliphatic heterocycles. The fourth-order valence-corrected chi connectivity index (χ4v) is 2.49. The molecule has 5 heteroatoms. The second-order valence-corrected chi connectivity index (χ2v) is 4.93. The summed E-state index contributed by atoms with van der Waals surface area (Å²) in [4.78, 5) is 6.79. The molecule has 1 atom stereocenters. The van der Waals surface area contributed by atoms with Crippen molar-refractivity contribution in [3.05, 3.63) is 0 Å². The topological polar surface area (TPSA) is 42.7 Å². The van der Waals surface area contributed by atoms with E-state index in [1.165, 1.54) is 0 Å². The van der Waals surface area contributed by atoms with Crippen molar-refractivity contribution in [2.75, 3.05) is 52.6 Å². The fourth-order valence-electron chi connectivity index (χ4n) is 2.49. The van der Waals surface area contributed by atoms with Crippen molar-refractivity contribution in [2.24, 2.45) is 0 Å². The van der Waals surface area contributed by atoms with Crippen molar-refractivity contribution in [2.45, 2.75) is 19.4 Å². The molecule has 0 aromatic heterocycles. The molecule has 0 aromatic rings. The molecule has 0 aromatic carbocycles. The Morgan fingerprint density at radius 1 is 1.24 bits per heavy atom. The number of nitrogens with zero attached hydrogens (tertiary/aromatic N) is 4. The van der Waals surface area contributed by atoms with Gasteiger partial charge in [0.15, 0.2) is 6.19 Å². The van der Waals surface area contributed by atoms with Gasteiger partial charge >= 0.3 is 0 Å². The third-order valence-corrected chi connectivity index (χ3v) is 3.60. The van der Waals surface area contributed by atoms with E-state index in [9.17, 15) is 0 Å². The highest BCUT2D eigenvalue weighted by Gasteiger charge is 2.24. The van der Waals surface area contributed by atoms with Gasteiger partial charge in [-0.15, -0.1) is 0 Å². The fraction of sp³-hybridized carbons (Fsp3) is 0.917. The van der Waals surface area contributed by atoms with E-state index < -0.39 is 0 Å². The van der Waals surface area contributed by atoms with Gasteiger partial charge in [-0.3, -0.25) is 9.80 Å². The lowest BCUT2D eigenvalue weighted by Gasteiger charge is -2.39. The average molecular weight is 238 g/mol. The van der Waals surface area contributed by atoms with Crippen LogP contribution in [0.5, 0.6) is 0 Å². The van der Waals surface area contributed by atoms with Gasteiger partial charge in [0, 0.05) is 45.4 Å². The summed E-state index contributed by atoms with van der Waals surface area (Å²) in [5.74, 6) is 0. The van der Waals surface area contributed by atoms with Crippen molar-refractivity contribution in [1.82, 2.24) is 14.7 Å². The van der Waals surface area contributed by atoms with Crippen molar-refractivity contribution < 1.29 is 4.74 Å². The van der Waals surface area contributed by atoms with E-state index in [1.54, 1.807) is 0 Å². The molecule has 0 aliphatic carbocycles. The van der Waals surface area contributed by atoms with Crippen molar-refractivity contribution in [1.29, 1.82) is 5.26 Å². The molecule has 96 valence electrons. The molecule has 17 heavy (non-hydrogen) atoms. The first-order valence-electron chi connectivity index (χ1n) is 6.48. The summed E-state index contributed by atoms with van der Waals surface area (Å²) in [6.45, 7) is 9.86.